The molecule has 0 fully saturated rings. The van der Waals surface area contributed by atoms with E-state index in [0.29, 0.717) is 11.1 Å². The van der Waals surface area contributed by atoms with E-state index in [4.69, 9.17) is 0 Å². The van der Waals surface area contributed by atoms with E-state index in [1.54, 1.807) is 0 Å². The molecule has 0 spiro atoms. The van der Waals surface area contributed by atoms with Gasteiger partial charge < -0.3 is 25.6 Å². The normalized spacial score (nSPS) is 13.4. The second kappa shape index (κ2) is 11.1. The fourth-order valence-electron chi connectivity index (χ4n) is 3.93. The average Bonchev–Trinajstić information content (AvgIpc) is 3.15. The smallest absolute Gasteiger partial charge is 0.243 e. The van der Waals surface area contributed by atoms with Crippen molar-refractivity contribution in [3.05, 3.63) is 47.5 Å². The van der Waals surface area contributed by atoms with Crippen LogP contribution in [0.2, 0.25) is 0 Å². The number of hydrogen-bond donors (Lipinski definition) is 5. The van der Waals surface area contributed by atoms with Gasteiger partial charge in [-0.1, -0.05) is 17.3 Å². The Morgan fingerprint density at radius 3 is 1.23 bits per heavy atom. The molecule has 5 N–H and O–H groups in total. The Hall–Kier alpha value is -2.43. The molecular formula is C21H27N3O9S2. The van der Waals surface area contributed by atoms with Crippen molar-refractivity contribution in [1.29, 1.82) is 0 Å². The van der Waals surface area contributed by atoms with E-state index >= 15 is 0 Å². The van der Waals surface area contributed by atoms with Gasteiger partial charge >= 0.3 is 0 Å². The zero-order valence-corrected chi connectivity index (χ0v) is 20.3. The lowest BCUT2D eigenvalue weighted by molar-refractivity contribution is 0.217. The van der Waals surface area contributed by atoms with Crippen molar-refractivity contribution in [1.82, 2.24) is 8.61 Å². The summed E-state index contributed by atoms with van der Waals surface area (Å²) in [6.45, 7) is -2.67. The van der Waals surface area contributed by atoms with Gasteiger partial charge in [0.1, 0.15) is 5.71 Å². The highest BCUT2D eigenvalue weighted by molar-refractivity contribution is 7.89. The molecule has 1 aliphatic rings. The molecule has 2 aromatic rings. The van der Waals surface area contributed by atoms with Crippen LogP contribution in [0, 0.1) is 0 Å². The Morgan fingerprint density at radius 1 is 0.600 bits per heavy atom. The minimum atomic E-state index is -4.09. The predicted molar refractivity (Wildman–Crippen MR) is 125 cm³/mol. The van der Waals surface area contributed by atoms with E-state index in [9.17, 15) is 42.5 Å². The van der Waals surface area contributed by atoms with Crippen molar-refractivity contribution in [2.45, 2.75) is 9.79 Å². The molecule has 35 heavy (non-hydrogen) atoms. The molecule has 1 aliphatic carbocycles. The van der Waals surface area contributed by atoms with Crippen molar-refractivity contribution in [2.75, 3.05) is 52.6 Å². The van der Waals surface area contributed by atoms with Crippen LogP contribution in [-0.2, 0) is 20.0 Å². The largest absolute Gasteiger partial charge is 0.410 e. The quantitative estimate of drug-likeness (QED) is 0.142. The number of fused-ring (bicyclic) bond motifs is 3. The maximum absolute atomic E-state index is 13.0. The molecule has 0 saturated heterocycles. The summed E-state index contributed by atoms with van der Waals surface area (Å²) in [6, 6.07) is 8.28. The number of aliphatic hydroxyl groups is 4. The third kappa shape index (κ3) is 5.10. The number of sulfonamides is 2. The zero-order valence-electron chi connectivity index (χ0n) is 18.6. The molecule has 0 atom stereocenters. The minimum absolute atomic E-state index is 0.0316. The maximum Gasteiger partial charge on any atom is 0.243 e. The first kappa shape index (κ1) is 27.2. The van der Waals surface area contributed by atoms with E-state index in [1.807, 2.05) is 0 Å². The van der Waals surface area contributed by atoms with Crippen molar-refractivity contribution in [3.8, 4) is 11.1 Å². The summed E-state index contributed by atoms with van der Waals surface area (Å²) in [6.07, 6.45) is 0. The number of benzene rings is 2. The first-order valence-electron chi connectivity index (χ1n) is 10.6. The molecule has 0 saturated carbocycles. The number of aliphatic hydroxyl groups excluding tert-OH is 4. The molecule has 12 nitrogen and oxygen atoms in total. The number of oxime groups is 1. The maximum atomic E-state index is 13.0. The summed E-state index contributed by atoms with van der Waals surface area (Å²) in [4.78, 5) is -0.311. The second-order valence-corrected chi connectivity index (χ2v) is 11.4. The van der Waals surface area contributed by atoms with E-state index in [-0.39, 0.29) is 52.8 Å². The highest BCUT2D eigenvalue weighted by atomic mass is 32.2. The van der Waals surface area contributed by atoms with Crippen molar-refractivity contribution in [2.24, 2.45) is 5.16 Å². The van der Waals surface area contributed by atoms with Crippen LogP contribution < -0.4 is 0 Å². The molecule has 192 valence electrons. The Balaban J connectivity index is 2.08. The molecule has 0 unspecified atom stereocenters. The highest BCUT2D eigenvalue weighted by Crippen LogP contribution is 2.39. The van der Waals surface area contributed by atoms with Crippen LogP contribution in [0.25, 0.3) is 11.1 Å². The first-order valence-corrected chi connectivity index (χ1v) is 13.5. The second-order valence-electron chi connectivity index (χ2n) is 7.57. The van der Waals surface area contributed by atoms with Crippen molar-refractivity contribution >= 4 is 25.8 Å². The number of nitrogens with zero attached hydrogens (tertiary/aromatic N) is 3. The van der Waals surface area contributed by atoms with E-state index in [0.717, 1.165) is 8.61 Å². The van der Waals surface area contributed by atoms with E-state index in [1.165, 1.54) is 36.4 Å². The van der Waals surface area contributed by atoms with Gasteiger partial charge in [-0.3, -0.25) is 0 Å². The Kier molecular flexibility index (Phi) is 8.61. The summed E-state index contributed by atoms with van der Waals surface area (Å²) < 4.78 is 54.0. The molecule has 0 aromatic heterocycles. The van der Waals surface area contributed by atoms with Crippen LogP contribution in [0.5, 0.6) is 0 Å². The summed E-state index contributed by atoms with van der Waals surface area (Å²) >= 11 is 0. The summed E-state index contributed by atoms with van der Waals surface area (Å²) in [5.41, 5.74) is 1.53. The summed E-state index contributed by atoms with van der Waals surface area (Å²) in [5, 5.41) is 49.8. The first-order chi connectivity index (χ1) is 16.7. The monoisotopic (exact) mass is 529 g/mol. The molecule has 0 bridgehead atoms. The molecule has 0 heterocycles. The summed E-state index contributed by atoms with van der Waals surface area (Å²) in [7, 11) is -8.19. The van der Waals surface area contributed by atoms with Gasteiger partial charge in [0, 0.05) is 37.3 Å². The van der Waals surface area contributed by atoms with Crippen molar-refractivity contribution < 1.29 is 42.5 Å². The molecule has 14 heteroatoms. The SMILES string of the molecule is O=S(=O)(c1ccc2c(c1)C(=NO)c1cc(S(=O)(=O)N(CCO)CCO)ccc1-2)N(CCO)CCO. The lowest BCUT2D eigenvalue weighted by atomic mass is 10.1. The molecule has 3 rings (SSSR count). The van der Waals surface area contributed by atoms with Gasteiger partial charge in [0.15, 0.2) is 0 Å². The highest BCUT2D eigenvalue weighted by Gasteiger charge is 2.32. The Bertz CT molecular complexity index is 1200. The fraction of sp³-hybridized carbons (Fsp3) is 0.381. The lowest BCUT2D eigenvalue weighted by Crippen LogP contribution is -2.36. The zero-order chi connectivity index (χ0) is 25.8. The average molecular weight is 530 g/mol. The molecule has 0 amide bonds. The van der Waals surface area contributed by atoms with Gasteiger partial charge in [-0.25, -0.2) is 16.8 Å². The van der Waals surface area contributed by atoms with Gasteiger partial charge in [-0.2, -0.15) is 8.61 Å². The van der Waals surface area contributed by atoms with Crippen LogP contribution in [0.4, 0.5) is 0 Å². The van der Waals surface area contributed by atoms with Crippen LogP contribution >= 0.6 is 0 Å². The van der Waals surface area contributed by atoms with Crippen molar-refractivity contribution in [3.63, 3.8) is 0 Å². The minimum Gasteiger partial charge on any atom is -0.410 e. The van der Waals surface area contributed by atoms with E-state index < -0.39 is 46.5 Å². The van der Waals surface area contributed by atoms with Crippen LogP contribution in [0.3, 0.4) is 0 Å². The van der Waals surface area contributed by atoms with Crippen LogP contribution in [0.15, 0.2) is 51.3 Å². The van der Waals surface area contributed by atoms with Gasteiger partial charge in [-0.15, -0.1) is 0 Å². The fourth-order valence-corrected chi connectivity index (χ4v) is 6.83. The van der Waals surface area contributed by atoms with Crippen LogP contribution in [0.1, 0.15) is 11.1 Å². The van der Waals surface area contributed by atoms with Crippen LogP contribution in [-0.4, -0.2) is 109 Å². The Labute approximate surface area is 203 Å². The summed E-state index contributed by atoms with van der Waals surface area (Å²) in [5.74, 6) is 0. The number of hydrogen-bond acceptors (Lipinski definition) is 10. The Morgan fingerprint density at radius 2 is 0.943 bits per heavy atom. The lowest BCUT2D eigenvalue weighted by Gasteiger charge is -2.20. The van der Waals surface area contributed by atoms with E-state index in [2.05, 4.69) is 5.16 Å². The molecular weight excluding hydrogens is 502 g/mol. The predicted octanol–water partition coefficient (Wildman–Crippen LogP) is -1.16. The third-order valence-electron chi connectivity index (χ3n) is 5.56. The van der Waals surface area contributed by atoms with Gasteiger partial charge in [0.25, 0.3) is 0 Å². The third-order valence-corrected chi connectivity index (χ3v) is 9.34. The topological polar surface area (TPSA) is 188 Å². The van der Waals surface area contributed by atoms with Gasteiger partial charge in [-0.05, 0) is 35.4 Å². The van der Waals surface area contributed by atoms with Gasteiger partial charge in [0.2, 0.25) is 20.0 Å². The standard InChI is InChI=1S/C21H27N3O9S2/c25-9-5-23(6-10-26)34(30,31)15-1-3-17-18-4-2-16(14-20(18)21(22-29)19(17)13-15)35(32,33)24(7-11-27)8-12-28/h1-4,13-14,25-29H,5-12H2. The number of rotatable bonds is 12. The molecule has 2 aromatic carbocycles. The molecule has 0 radical (unpaired) electrons. The molecule has 0 aliphatic heterocycles. The van der Waals surface area contributed by atoms with Gasteiger partial charge in [0.05, 0.1) is 36.2 Å².